The molecular formula is C24H28FN3O5S. The third-order valence-corrected chi connectivity index (χ3v) is 8.20. The number of hydrogen-bond acceptors (Lipinski definition) is 7. The summed E-state index contributed by atoms with van der Waals surface area (Å²) in [5.74, 6) is -0.362. The smallest absolute Gasteiger partial charge is 0.410 e. The van der Waals surface area contributed by atoms with E-state index in [0.717, 1.165) is 50.8 Å². The Kier molecular flexibility index (Phi) is 5.74. The normalized spacial score (nSPS) is 25.1. The van der Waals surface area contributed by atoms with Crippen molar-refractivity contribution in [3.8, 4) is 17.1 Å². The first-order chi connectivity index (χ1) is 16.1. The standard InChI is InChI=1S/C24H28FN3O5S/c1-24(7-8-24)33-23(29)28-17-3-4-18(28)10-15(9-17)14-32-22-26-12-16(13-27-22)20-6-5-19(11-21(20)25)34(2,30)31/h5-6,11-13,15,17-18H,3-4,7-10,14H2,1-2H3/t17-,18-/m0/s1. The molecule has 1 saturated carbocycles. The van der Waals surface area contributed by atoms with Gasteiger partial charge in [0.05, 0.1) is 11.5 Å². The van der Waals surface area contributed by atoms with Crippen LogP contribution in [0.2, 0.25) is 0 Å². The molecule has 2 bridgehead atoms. The number of piperidine rings is 1. The van der Waals surface area contributed by atoms with Gasteiger partial charge in [-0.15, -0.1) is 0 Å². The Morgan fingerprint density at radius 1 is 1.18 bits per heavy atom. The minimum absolute atomic E-state index is 0.0790. The number of aromatic nitrogens is 2. The predicted molar refractivity (Wildman–Crippen MR) is 122 cm³/mol. The first-order valence-corrected chi connectivity index (χ1v) is 13.5. The molecule has 8 nitrogen and oxygen atoms in total. The van der Waals surface area contributed by atoms with Crippen molar-refractivity contribution in [2.24, 2.45) is 5.92 Å². The Morgan fingerprint density at radius 2 is 1.82 bits per heavy atom. The molecule has 34 heavy (non-hydrogen) atoms. The Morgan fingerprint density at radius 3 is 2.38 bits per heavy atom. The molecule has 10 heteroatoms. The van der Waals surface area contributed by atoms with Crippen molar-refractivity contribution in [1.29, 1.82) is 0 Å². The molecule has 1 aliphatic carbocycles. The molecular weight excluding hydrogens is 461 g/mol. The molecule has 3 fully saturated rings. The zero-order valence-electron chi connectivity index (χ0n) is 19.2. The van der Waals surface area contributed by atoms with Gasteiger partial charge in [-0.3, -0.25) is 0 Å². The molecule has 0 spiro atoms. The van der Waals surface area contributed by atoms with Gasteiger partial charge in [0.2, 0.25) is 0 Å². The van der Waals surface area contributed by atoms with Gasteiger partial charge in [0.25, 0.3) is 0 Å². The third kappa shape index (κ3) is 4.73. The van der Waals surface area contributed by atoms with Crippen LogP contribution in [0, 0.1) is 11.7 Å². The van der Waals surface area contributed by atoms with Crippen LogP contribution in [-0.4, -0.2) is 59.9 Å². The van der Waals surface area contributed by atoms with E-state index in [9.17, 15) is 17.6 Å². The van der Waals surface area contributed by atoms with Gasteiger partial charge in [0.15, 0.2) is 9.84 Å². The largest absolute Gasteiger partial charge is 0.463 e. The van der Waals surface area contributed by atoms with Gasteiger partial charge in [-0.05, 0) is 63.5 Å². The lowest BCUT2D eigenvalue weighted by Crippen LogP contribution is -2.48. The first kappa shape index (κ1) is 23.0. The Hall–Kier alpha value is -2.75. The van der Waals surface area contributed by atoms with Crippen molar-refractivity contribution in [3.63, 3.8) is 0 Å². The SMILES string of the molecule is CC1(OC(=O)N2[C@H]3CC[C@H]2CC(COc2ncc(-c4ccc(S(C)(=O)=O)cc4F)cn2)C3)CC1. The van der Waals surface area contributed by atoms with Crippen LogP contribution < -0.4 is 4.74 Å². The highest BCUT2D eigenvalue weighted by Crippen LogP contribution is 2.43. The molecule has 2 atom stereocenters. The van der Waals surface area contributed by atoms with Crippen LogP contribution in [0.15, 0.2) is 35.5 Å². The number of carbonyl (C=O) groups excluding carboxylic acids is 1. The van der Waals surface area contributed by atoms with Crippen molar-refractivity contribution >= 4 is 15.9 Å². The summed E-state index contributed by atoms with van der Waals surface area (Å²) in [6, 6.07) is 4.33. The van der Waals surface area contributed by atoms with E-state index in [1.54, 1.807) is 0 Å². The van der Waals surface area contributed by atoms with E-state index in [4.69, 9.17) is 9.47 Å². The van der Waals surface area contributed by atoms with Crippen molar-refractivity contribution in [2.75, 3.05) is 12.9 Å². The Balaban J connectivity index is 1.17. The molecule has 1 amide bonds. The molecule has 2 aliphatic heterocycles. The van der Waals surface area contributed by atoms with Crippen LogP contribution in [-0.2, 0) is 14.6 Å². The van der Waals surface area contributed by atoms with E-state index in [-0.39, 0.29) is 40.2 Å². The van der Waals surface area contributed by atoms with E-state index in [0.29, 0.717) is 18.1 Å². The maximum Gasteiger partial charge on any atom is 0.410 e. The van der Waals surface area contributed by atoms with Crippen molar-refractivity contribution < 1.29 is 27.1 Å². The van der Waals surface area contributed by atoms with E-state index < -0.39 is 15.7 Å². The molecule has 0 radical (unpaired) electrons. The zero-order valence-corrected chi connectivity index (χ0v) is 20.1. The second-order valence-electron chi connectivity index (χ2n) is 9.93. The molecule has 3 aliphatic rings. The summed E-state index contributed by atoms with van der Waals surface area (Å²) in [7, 11) is -3.49. The first-order valence-electron chi connectivity index (χ1n) is 11.6. The number of sulfone groups is 1. The number of fused-ring (bicyclic) bond motifs is 2. The number of rotatable bonds is 6. The summed E-state index contributed by atoms with van der Waals surface area (Å²) in [4.78, 5) is 22.9. The molecule has 1 aromatic heterocycles. The van der Waals surface area contributed by atoms with Crippen LogP contribution in [0.1, 0.15) is 45.4 Å². The van der Waals surface area contributed by atoms with E-state index in [1.165, 1.54) is 24.5 Å². The van der Waals surface area contributed by atoms with Crippen LogP contribution >= 0.6 is 0 Å². The fourth-order valence-corrected chi connectivity index (χ4v) is 5.58. The number of ether oxygens (including phenoxy) is 2. The lowest BCUT2D eigenvalue weighted by molar-refractivity contribution is 0.0216. The summed E-state index contributed by atoms with van der Waals surface area (Å²) < 4.78 is 49.1. The second-order valence-corrected chi connectivity index (χ2v) is 11.9. The number of amides is 1. The van der Waals surface area contributed by atoms with Gasteiger partial charge in [0.1, 0.15) is 11.4 Å². The molecule has 2 aromatic rings. The number of halogens is 1. The molecule has 182 valence electrons. The van der Waals surface area contributed by atoms with Gasteiger partial charge < -0.3 is 14.4 Å². The van der Waals surface area contributed by atoms with E-state index in [1.807, 2.05) is 11.8 Å². The van der Waals surface area contributed by atoms with Crippen molar-refractivity contribution in [3.05, 3.63) is 36.4 Å². The van der Waals surface area contributed by atoms with Gasteiger partial charge in [-0.25, -0.2) is 27.6 Å². The highest BCUT2D eigenvalue weighted by molar-refractivity contribution is 7.90. The van der Waals surface area contributed by atoms with Gasteiger partial charge >= 0.3 is 12.1 Å². The van der Waals surface area contributed by atoms with E-state index >= 15 is 0 Å². The summed E-state index contributed by atoms with van der Waals surface area (Å²) in [5, 5.41) is 0. The summed E-state index contributed by atoms with van der Waals surface area (Å²) in [6.07, 6.45) is 9.35. The molecule has 5 rings (SSSR count). The molecule has 3 heterocycles. The quantitative estimate of drug-likeness (QED) is 0.605. The summed E-state index contributed by atoms with van der Waals surface area (Å²) >= 11 is 0. The fraction of sp³-hybridized carbons (Fsp3) is 0.542. The predicted octanol–water partition coefficient (Wildman–Crippen LogP) is 4.00. The highest BCUT2D eigenvalue weighted by Gasteiger charge is 2.48. The Bertz CT molecular complexity index is 1190. The van der Waals surface area contributed by atoms with Crippen LogP contribution in [0.4, 0.5) is 9.18 Å². The van der Waals surface area contributed by atoms with Crippen LogP contribution in [0.3, 0.4) is 0 Å². The number of benzene rings is 1. The van der Waals surface area contributed by atoms with Crippen molar-refractivity contribution in [1.82, 2.24) is 14.9 Å². The van der Waals surface area contributed by atoms with Gasteiger partial charge in [-0.2, -0.15) is 0 Å². The maximum absolute atomic E-state index is 14.4. The number of hydrogen-bond donors (Lipinski definition) is 0. The average molecular weight is 490 g/mol. The second kappa shape index (κ2) is 8.48. The number of nitrogens with zero attached hydrogens (tertiary/aromatic N) is 3. The topological polar surface area (TPSA) is 98.7 Å². The minimum atomic E-state index is -3.49. The molecule has 0 N–H and O–H groups in total. The highest BCUT2D eigenvalue weighted by atomic mass is 32.2. The number of carbonyl (C=O) groups is 1. The lowest BCUT2D eigenvalue weighted by Gasteiger charge is -2.38. The zero-order chi connectivity index (χ0) is 24.1. The monoisotopic (exact) mass is 489 g/mol. The molecule has 1 aromatic carbocycles. The summed E-state index contributed by atoms with van der Waals surface area (Å²) in [6.45, 7) is 2.43. The summed E-state index contributed by atoms with van der Waals surface area (Å²) in [5.41, 5.74) is 0.382. The van der Waals surface area contributed by atoms with Crippen LogP contribution in [0.25, 0.3) is 11.1 Å². The van der Waals surface area contributed by atoms with Gasteiger partial charge in [0, 0.05) is 41.9 Å². The Labute approximate surface area is 198 Å². The third-order valence-electron chi connectivity index (χ3n) is 7.09. The maximum atomic E-state index is 14.4. The van der Waals surface area contributed by atoms with Gasteiger partial charge in [-0.1, -0.05) is 6.07 Å². The molecule has 2 saturated heterocycles. The molecule has 0 unspecified atom stereocenters. The minimum Gasteiger partial charge on any atom is -0.463 e. The fourth-order valence-electron chi connectivity index (χ4n) is 4.95. The van der Waals surface area contributed by atoms with Crippen molar-refractivity contribution in [2.45, 2.75) is 68.0 Å². The lowest BCUT2D eigenvalue weighted by atomic mass is 9.92. The van der Waals surface area contributed by atoms with E-state index in [2.05, 4.69) is 9.97 Å². The van der Waals surface area contributed by atoms with Crippen LogP contribution in [0.5, 0.6) is 6.01 Å². The average Bonchev–Trinajstić information content (AvgIpc) is 3.44.